The van der Waals surface area contributed by atoms with Gasteiger partial charge in [0, 0.05) is 5.56 Å². The molecule has 166 valence electrons. The molecule has 0 saturated carbocycles. The average Bonchev–Trinajstić information content (AvgIpc) is 3.12. The van der Waals surface area contributed by atoms with E-state index in [9.17, 15) is 9.59 Å². The van der Waals surface area contributed by atoms with E-state index in [2.05, 4.69) is 5.10 Å². The molecule has 3 aromatic carbocycles. The van der Waals surface area contributed by atoms with E-state index < -0.39 is 0 Å². The molecule has 6 heteroatoms. The number of hydrazone groups is 1. The number of ether oxygens (including phenoxy) is 2. The predicted octanol–water partition coefficient (Wildman–Crippen LogP) is 5.28. The molecule has 4 rings (SSSR count). The number of hydrogen-bond acceptors (Lipinski definition) is 5. The monoisotopic (exact) mass is 440 g/mol. The molecule has 0 atom stereocenters. The lowest BCUT2D eigenvalue weighted by atomic mass is 10.1. The van der Waals surface area contributed by atoms with Crippen LogP contribution < -0.4 is 14.5 Å². The Morgan fingerprint density at radius 3 is 2.39 bits per heavy atom. The largest absolute Gasteiger partial charge is 0.493 e. The minimum atomic E-state index is -0.230. The molecular formula is C27H24N2O4. The zero-order chi connectivity index (χ0) is 23.4. The Bertz CT molecular complexity index is 1240. The molecule has 6 nitrogen and oxygen atoms in total. The van der Waals surface area contributed by atoms with E-state index in [1.54, 1.807) is 44.4 Å². The fourth-order valence-electron chi connectivity index (χ4n) is 3.49. The molecule has 0 aliphatic carbocycles. The minimum Gasteiger partial charge on any atom is -0.493 e. The summed E-state index contributed by atoms with van der Waals surface area (Å²) in [4.78, 5) is 24.5. The van der Waals surface area contributed by atoms with Crippen molar-refractivity contribution in [1.82, 2.24) is 0 Å². The van der Waals surface area contributed by atoms with Crippen molar-refractivity contribution in [3.63, 3.8) is 0 Å². The van der Waals surface area contributed by atoms with E-state index in [4.69, 9.17) is 9.47 Å². The number of methoxy groups -OCH3 is 1. The Morgan fingerprint density at radius 2 is 1.73 bits per heavy atom. The van der Waals surface area contributed by atoms with Crippen LogP contribution in [0.3, 0.4) is 0 Å². The predicted molar refractivity (Wildman–Crippen MR) is 129 cm³/mol. The van der Waals surface area contributed by atoms with E-state index in [0.717, 1.165) is 11.1 Å². The molecule has 0 aromatic heterocycles. The maximum absolute atomic E-state index is 13.0. The third-order valence-electron chi connectivity index (χ3n) is 5.32. The number of amides is 1. The van der Waals surface area contributed by atoms with Crippen LogP contribution >= 0.6 is 0 Å². The van der Waals surface area contributed by atoms with Gasteiger partial charge in [-0.15, -0.1) is 0 Å². The Kier molecular flexibility index (Phi) is 6.36. The maximum Gasteiger partial charge on any atom is 0.280 e. The fourth-order valence-corrected chi connectivity index (χ4v) is 3.49. The molecule has 0 saturated heterocycles. The quantitative estimate of drug-likeness (QED) is 0.370. The summed E-state index contributed by atoms with van der Waals surface area (Å²) in [7, 11) is 1.58. The van der Waals surface area contributed by atoms with Crippen molar-refractivity contribution in [3.8, 4) is 11.5 Å². The van der Waals surface area contributed by atoms with Gasteiger partial charge in [-0.1, -0.05) is 36.4 Å². The lowest BCUT2D eigenvalue weighted by molar-refractivity contribution is -0.114. The van der Waals surface area contributed by atoms with Gasteiger partial charge in [-0.3, -0.25) is 9.59 Å². The van der Waals surface area contributed by atoms with Crippen LogP contribution in [0.4, 0.5) is 5.69 Å². The molecule has 33 heavy (non-hydrogen) atoms. The highest BCUT2D eigenvalue weighted by Gasteiger charge is 2.28. The number of benzene rings is 3. The van der Waals surface area contributed by atoms with Crippen LogP contribution in [0.1, 0.15) is 35.3 Å². The van der Waals surface area contributed by atoms with Crippen LogP contribution in [-0.4, -0.2) is 24.5 Å². The molecule has 0 radical (unpaired) electrons. The van der Waals surface area contributed by atoms with Crippen molar-refractivity contribution >= 4 is 29.2 Å². The number of hydrogen-bond donors (Lipinski definition) is 0. The standard InChI is InChI=1S/C27H24N2O4/c1-18-24(27(31)29(28-18)23-12-10-22(11-13-23)19(2)30)15-21-9-14-25(26(16-21)32-3)33-17-20-7-5-4-6-8-20/h4-16H,17H2,1-3H3. The maximum atomic E-state index is 13.0. The van der Waals surface area contributed by atoms with Gasteiger partial charge >= 0.3 is 0 Å². The first kappa shape index (κ1) is 22.0. The second kappa shape index (κ2) is 9.53. The number of carbonyl (C=O) groups is 2. The van der Waals surface area contributed by atoms with Gasteiger partial charge in [0.2, 0.25) is 0 Å². The number of nitrogens with zero attached hydrogens (tertiary/aromatic N) is 2. The smallest absolute Gasteiger partial charge is 0.280 e. The molecule has 0 fully saturated rings. The van der Waals surface area contributed by atoms with Crippen LogP contribution in [0.25, 0.3) is 6.08 Å². The molecule has 0 N–H and O–H groups in total. The first-order valence-electron chi connectivity index (χ1n) is 10.5. The first-order chi connectivity index (χ1) is 16.0. The third kappa shape index (κ3) is 4.85. The van der Waals surface area contributed by atoms with Crippen LogP contribution in [0, 0.1) is 0 Å². The first-order valence-corrected chi connectivity index (χ1v) is 10.5. The zero-order valence-electron chi connectivity index (χ0n) is 18.7. The second-order valence-electron chi connectivity index (χ2n) is 7.65. The van der Waals surface area contributed by atoms with Crippen LogP contribution in [-0.2, 0) is 11.4 Å². The Labute approximate surface area is 192 Å². The highest BCUT2D eigenvalue weighted by Crippen LogP contribution is 2.31. The van der Waals surface area contributed by atoms with E-state index in [0.29, 0.717) is 40.6 Å². The van der Waals surface area contributed by atoms with E-state index in [1.807, 2.05) is 48.5 Å². The van der Waals surface area contributed by atoms with Crippen molar-refractivity contribution < 1.29 is 19.1 Å². The average molecular weight is 440 g/mol. The van der Waals surface area contributed by atoms with Crippen molar-refractivity contribution in [2.75, 3.05) is 12.1 Å². The van der Waals surface area contributed by atoms with Gasteiger partial charge in [0.25, 0.3) is 5.91 Å². The third-order valence-corrected chi connectivity index (χ3v) is 5.32. The van der Waals surface area contributed by atoms with Gasteiger partial charge in [0.05, 0.1) is 24.1 Å². The second-order valence-corrected chi connectivity index (χ2v) is 7.65. The number of ketones is 1. The lowest BCUT2D eigenvalue weighted by Crippen LogP contribution is -2.21. The van der Waals surface area contributed by atoms with Crippen molar-refractivity contribution in [1.29, 1.82) is 0 Å². The van der Waals surface area contributed by atoms with Crippen LogP contribution in [0.5, 0.6) is 11.5 Å². The molecule has 1 aliphatic rings. The van der Waals surface area contributed by atoms with Gasteiger partial charge < -0.3 is 9.47 Å². The summed E-state index contributed by atoms with van der Waals surface area (Å²) in [6.45, 7) is 3.73. The number of carbonyl (C=O) groups excluding carboxylic acids is 2. The van der Waals surface area contributed by atoms with Crippen LogP contribution in [0.15, 0.2) is 83.5 Å². The molecule has 3 aromatic rings. The van der Waals surface area contributed by atoms with E-state index in [-0.39, 0.29) is 11.7 Å². The molecule has 0 spiro atoms. The highest BCUT2D eigenvalue weighted by atomic mass is 16.5. The van der Waals surface area contributed by atoms with Crippen molar-refractivity contribution in [3.05, 3.63) is 95.1 Å². The lowest BCUT2D eigenvalue weighted by Gasteiger charge is -2.13. The zero-order valence-corrected chi connectivity index (χ0v) is 18.7. The van der Waals surface area contributed by atoms with Gasteiger partial charge in [0.1, 0.15) is 6.61 Å². The van der Waals surface area contributed by atoms with E-state index >= 15 is 0 Å². The number of anilines is 1. The van der Waals surface area contributed by atoms with Gasteiger partial charge in [-0.2, -0.15) is 10.1 Å². The summed E-state index contributed by atoms with van der Waals surface area (Å²) in [5.74, 6) is 0.946. The summed E-state index contributed by atoms with van der Waals surface area (Å²) >= 11 is 0. The number of Topliss-reactive ketones (excluding diaryl/α,β-unsaturated/α-hetero) is 1. The fraction of sp³-hybridized carbons (Fsp3) is 0.148. The summed E-state index contributed by atoms with van der Waals surface area (Å²) in [6.07, 6.45) is 1.79. The van der Waals surface area contributed by atoms with Gasteiger partial charge in [-0.05, 0) is 67.4 Å². The molecule has 1 aliphatic heterocycles. The van der Waals surface area contributed by atoms with Crippen molar-refractivity contribution in [2.45, 2.75) is 20.5 Å². The minimum absolute atomic E-state index is 0.0280. The Morgan fingerprint density at radius 1 is 1.00 bits per heavy atom. The molecule has 1 amide bonds. The van der Waals surface area contributed by atoms with Crippen LogP contribution in [0.2, 0.25) is 0 Å². The molecule has 0 bridgehead atoms. The van der Waals surface area contributed by atoms with Crippen molar-refractivity contribution in [2.24, 2.45) is 5.10 Å². The summed E-state index contributed by atoms with van der Waals surface area (Å²) < 4.78 is 11.4. The summed E-state index contributed by atoms with van der Waals surface area (Å²) in [6, 6.07) is 22.3. The Hall–Kier alpha value is -4.19. The topological polar surface area (TPSA) is 68.2 Å². The SMILES string of the molecule is COc1cc(C=C2C(=O)N(c3ccc(C(C)=O)cc3)N=C2C)ccc1OCc1ccccc1. The summed E-state index contributed by atoms with van der Waals surface area (Å²) in [5, 5.41) is 5.75. The number of rotatable bonds is 7. The normalized spacial score (nSPS) is 14.4. The molecule has 1 heterocycles. The van der Waals surface area contributed by atoms with Gasteiger partial charge in [-0.25, -0.2) is 0 Å². The highest BCUT2D eigenvalue weighted by molar-refractivity contribution is 6.32. The van der Waals surface area contributed by atoms with Gasteiger partial charge in [0.15, 0.2) is 17.3 Å². The summed E-state index contributed by atoms with van der Waals surface area (Å²) in [5.41, 5.74) is 4.15. The molecular weight excluding hydrogens is 416 g/mol. The molecule has 0 unspecified atom stereocenters. The Balaban J connectivity index is 1.53. The van der Waals surface area contributed by atoms with E-state index in [1.165, 1.54) is 11.9 Å².